The zero-order chi connectivity index (χ0) is 5.78. The summed E-state index contributed by atoms with van der Waals surface area (Å²) in [6.45, 7) is 5.60. The molecule has 0 aliphatic heterocycles. The first-order chi connectivity index (χ1) is 3.73. The number of hydrogen-bond donors (Lipinski definition) is 0. The number of ether oxygens (including phenoxy) is 1. The molecule has 0 atom stereocenters. The van der Waals surface area contributed by atoms with E-state index in [2.05, 4.69) is 6.58 Å². The van der Waals surface area contributed by atoms with Gasteiger partial charge in [-0.1, -0.05) is 6.58 Å². The van der Waals surface area contributed by atoms with Crippen molar-refractivity contribution in [3.63, 3.8) is 0 Å². The van der Waals surface area contributed by atoms with Crippen LogP contribution in [0.5, 0.6) is 0 Å². The van der Waals surface area contributed by atoms with E-state index in [-0.39, 0.29) is 0 Å². The van der Waals surface area contributed by atoms with Gasteiger partial charge in [0.2, 0.25) is 0 Å². The van der Waals surface area contributed by atoms with E-state index in [1.807, 2.05) is 6.92 Å². The van der Waals surface area contributed by atoms with Gasteiger partial charge in [0.25, 0.3) is 0 Å². The quantitative estimate of drug-likeness (QED) is 0.491. The Morgan fingerprint density at radius 2 is 2.25 bits per heavy atom. The fourth-order valence-corrected chi connectivity index (χ4v) is 1.17. The Kier molecular flexibility index (Phi) is 0.525. The van der Waals surface area contributed by atoms with Crippen LogP contribution in [0.4, 0.5) is 0 Å². The largest absolute Gasteiger partial charge is 0.492 e. The lowest BCUT2D eigenvalue weighted by Gasteiger charge is -2.05. The fraction of sp³-hybridized carbons (Fsp3) is 0.714. The molecule has 0 spiro atoms. The molecular formula is C7H10O. The topological polar surface area (TPSA) is 9.23 Å². The number of hydrogen-bond acceptors (Lipinski definition) is 1. The maximum atomic E-state index is 5.43. The Hall–Kier alpha value is -0.460. The Morgan fingerprint density at radius 1 is 1.75 bits per heavy atom. The molecule has 0 unspecified atom stereocenters. The zero-order valence-electron chi connectivity index (χ0n) is 5.11. The number of fused-ring (bicyclic) bond motifs is 1. The molecule has 1 heteroatoms. The van der Waals surface area contributed by atoms with E-state index in [4.69, 9.17) is 4.74 Å². The molecule has 0 aromatic carbocycles. The van der Waals surface area contributed by atoms with Crippen molar-refractivity contribution in [1.82, 2.24) is 0 Å². The van der Waals surface area contributed by atoms with E-state index in [0.717, 1.165) is 11.7 Å². The highest BCUT2D eigenvalue weighted by Crippen LogP contribution is 2.69. The van der Waals surface area contributed by atoms with Crippen molar-refractivity contribution in [3.05, 3.63) is 12.3 Å². The average molecular weight is 110 g/mol. The van der Waals surface area contributed by atoms with Crippen molar-refractivity contribution in [2.45, 2.75) is 25.4 Å². The summed E-state index contributed by atoms with van der Waals surface area (Å²) < 4.78 is 5.43. The van der Waals surface area contributed by atoms with Gasteiger partial charge in [0.15, 0.2) is 0 Å². The second kappa shape index (κ2) is 0.949. The van der Waals surface area contributed by atoms with Gasteiger partial charge in [-0.3, -0.25) is 0 Å². The van der Waals surface area contributed by atoms with Gasteiger partial charge in [0.05, 0.1) is 5.76 Å². The predicted molar refractivity (Wildman–Crippen MR) is 31.4 cm³/mol. The summed E-state index contributed by atoms with van der Waals surface area (Å²) >= 11 is 0. The van der Waals surface area contributed by atoms with Crippen LogP contribution >= 0.6 is 0 Å². The lowest BCUT2D eigenvalue weighted by atomic mass is 10.4. The highest BCUT2D eigenvalue weighted by atomic mass is 16.5. The Labute approximate surface area is 49.3 Å². The molecule has 8 heavy (non-hydrogen) atoms. The molecule has 0 amide bonds. The smallest absolute Gasteiger partial charge is 0.112 e. The molecule has 2 saturated carbocycles. The molecule has 2 aliphatic carbocycles. The summed E-state index contributed by atoms with van der Waals surface area (Å²) in [7, 11) is 0. The first kappa shape index (κ1) is 4.42. The molecule has 0 aromatic heterocycles. The van der Waals surface area contributed by atoms with Gasteiger partial charge < -0.3 is 4.74 Å². The van der Waals surface area contributed by atoms with Crippen molar-refractivity contribution >= 4 is 0 Å². The van der Waals surface area contributed by atoms with Gasteiger partial charge in [-0.2, -0.15) is 0 Å². The molecule has 0 N–H and O–H groups in total. The molecular weight excluding hydrogens is 100 g/mol. The van der Waals surface area contributed by atoms with Gasteiger partial charge in [0, 0.05) is 5.92 Å². The minimum absolute atomic E-state index is 0.339. The van der Waals surface area contributed by atoms with Crippen molar-refractivity contribution in [2.75, 3.05) is 0 Å². The molecule has 0 radical (unpaired) electrons. The van der Waals surface area contributed by atoms with E-state index in [1.54, 1.807) is 0 Å². The van der Waals surface area contributed by atoms with E-state index in [1.165, 1.54) is 12.8 Å². The second-order valence-corrected chi connectivity index (χ2v) is 2.97. The van der Waals surface area contributed by atoms with Crippen LogP contribution in [-0.4, -0.2) is 5.60 Å². The van der Waals surface area contributed by atoms with Crippen LogP contribution in [0, 0.1) is 5.92 Å². The highest BCUT2D eigenvalue weighted by molar-refractivity contribution is 5.23. The first-order valence-electron chi connectivity index (χ1n) is 3.07. The highest BCUT2D eigenvalue weighted by Gasteiger charge is 2.73. The van der Waals surface area contributed by atoms with E-state index in [9.17, 15) is 0 Å². The normalized spacial score (nSPS) is 47.4. The Bertz CT molecular complexity index is 142. The standard InChI is InChI=1S/C7H10O/c1-5(2)8-7-3-6(7)4-7/h6H,1,3-4H2,2H3. The summed E-state index contributed by atoms with van der Waals surface area (Å²) in [5.41, 5.74) is 0.339. The van der Waals surface area contributed by atoms with E-state index in [0.29, 0.717) is 5.60 Å². The first-order valence-corrected chi connectivity index (χ1v) is 3.07. The summed E-state index contributed by atoms with van der Waals surface area (Å²) in [5.74, 6) is 1.80. The SMILES string of the molecule is C=C(C)OC12CC1C2. The molecule has 2 rings (SSSR count). The second-order valence-electron chi connectivity index (χ2n) is 2.97. The fourth-order valence-electron chi connectivity index (χ4n) is 1.17. The Balaban J connectivity index is 1.92. The minimum atomic E-state index is 0.339. The molecule has 44 valence electrons. The van der Waals surface area contributed by atoms with Crippen molar-refractivity contribution < 1.29 is 4.74 Å². The van der Waals surface area contributed by atoms with Gasteiger partial charge in [-0.15, -0.1) is 0 Å². The zero-order valence-corrected chi connectivity index (χ0v) is 5.11. The van der Waals surface area contributed by atoms with Crippen LogP contribution in [0.1, 0.15) is 19.8 Å². The van der Waals surface area contributed by atoms with Crippen molar-refractivity contribution in [3.8, 4) is 0 Å². The minimum Gasteiger partial charge on any atom is -0.492 e. The monoisotopic (exact) mass is 110 g/mol. The van der Waals surface area contributed by atoms with Gasteiger partial charge in [0.1, 0.15) is 5.60 Å². The maximum absolute atomic E-state index is 5.43. The third-order valence-corrected chi connectivity index (χ3v) is 1.99. The predicted octanol–water partition coefficient (Wildman–Crippen LogP) is 1.70. The molecule has 1 nitrogen and oxygen atoms in total. The van der Waals surface area contributed by atoms with Crippen LogP contribution in [0.2, 0.25) is 0 Å². The van der Waals surface area contributed by atoms with Crippen LogP contribution in [0.3, 0.4) is 0 Å². The van der Waals surface area contributed by atoms with Crippen LogP contribution < -0.4 is 0 Å². The third kappa shape index (κ3) is 0.417. The van der Waals surface area contributed by atoms with E-state index >= 15 is 0 Å². The summed E-state index contributed by atoms with van der Waals surface area (Å²) in [6.07, 6.45) is 2.58. The lowest BCUT2D eigenvalue weighted by molar-refractivity contribution is 0.147. The third-order valence-electron chi connectivity index (χ3n) is 1.99. The van der Waals surface area contributed by atoms with Crippen LogP contribution in [-0.2, 0) is 4.74 Å². The average Bonchev–Trinajstić information content (AvgIpc) is 2.18. The number of allylic oxidation sites excluding steroid dienone is 1. The van der Waals surface area contributed by atoms with Crippen molar-refractivity contribution in [1.29, 1.82) is 0 Å². The molecule has 2 aliphatic rings. The van der Waals surface area contributed by atoms with Crippen molar-refractivity contribution in [2.24, 2.45) is 5.92 Å². The number of rotatable bonds is 2. The molecule has 0 heterocycles. The Morgan fingerprint density at radius 3 is 2.38 bits per heavy atom. The lowest BCUT2D eigenvalue weighted by Crippen LogP contribution is -1.98. The molecule has 0 saturated heterocycles. The molecule has 0 aromatic rings. The van der Waals surface area contributed by atoms with E-state index < -0.39 is 0 Å². The summed E-state index contributed by atoms with van der Waals surface area (Å²) in [6, 6.07) is 0. The molecule has 0 bridgehead atoms. The van der Waals surface area contributed by atoms with Gasteiger partial charge >= 0.3 is 0 Å². The van der Waals surface area contributed by atoms with Crippen LogP contribution in [0.15, 0.2) is 12.3 Å². The van der Waals surface area contributed by atoms with Gasteiger partial charge in [-0.25, -0.2) is 0 Å². The van der Waals surface area contributed by atoms with Crippen LogP contribution in [0.25, 0.3) is 0 Å². The summed E-state index contributed by atoms with van der Waals surface area (Å²) in [4.78, 5) is 0. The molecule has 2 fully saturated rings. The maximum Gasteiger partial charge on any atom is 0.112 e. The summed E-state index contributed by atoms with van der Waals surface area (Å²) in [5, 5.41) is 0. The van der Waals surface area contributed by atoms with Gasteiger partial charge in [-0.05, 0) is 19.8 Å².